The van der Waals surface area contributed by atoms with E-state index in [2.05, 4.69) is 4.99 Å². The van der Waals surface area contributed by atoms with Gasteiger partial charge in [0.15, 0.2) is 0 Å². The van der Waals surface area contributed by atoms with Crippen molar-refractivity contribution in [3.8, 4) is 0 Å². The maximum absolute atomic E-state index is 15.0. The number of amidine groups is 1. The molecule has 128 valence electrons. The van der Waals surface area contributed by atoms with Crippen LogP contribution in [0.2, 0.25) is 0 Å². The summed E-state index contributed by atoms with van der Waals surface area (Å²) in [4.78, 5) is 15.0. The fraction of sp³-hybridized carbons (Fsp3) is 0.429. The number of halogens is 2. The van der Waals surface area contributed by atoms with Crippen LogP contribution in [-0.4, -0.2) is 36.4 Å². The van der Waals surface area contributed by atoms with E-state index in [0.29, 0.717) is 0 Å². The number of hydrogen-bond acceptors (Lipinski definition) is 4. The smallest absolute Gasteiger partial charge is 0.410 e. The van der Waals surface area contributed by atoms with Gasteiger partial charge in [0.25, 0.3) is 0 Å². The lowest BCUT2D eigenvalue weighted by atomic mass is 9.92. The van der Waals surface area contributed by atoms with Crippen molar-refractivity contribution in [1.29, 1.82) is 0 Å². The predicted octanol–water partition coefficient (Wildman–Crippen LogP) is 3.55. The van der Waals surface area contributed by atoms with Crippen LogP contribution in [0.1, 0.15) is 26.3 Å². The topological polar surface area (TPSA) is 102 Å². The van der Waals surface area contributed by atoms with Crippen LogP contribution >= 0.6 is 10.6 Å². The highest BCUT2D eigenvalue weighted by Crippen LogP contribution is 2.65. The summed E-state index contributed by atoms with van der Waals surface area (Å²) >= 11 is 0. The van der Waals surface area contributed by atoms with Crippen molar-refractivity contribution in [2.75, 3.05) is 0 Å². The molecular weight excluding hydrogens is 330 g/mol. The molecule has 2 unspecified atom stereocenters. The van der Waals surface area contributed by atoms with Crippen molar-refractivity contribution < 1.29 is 27.8 Å². The van der Waals surface area contributed by atoms with Crippen molar-refractivity contribution >= 4 is 22.5 Å². The lowest BCUT2D eigenvalue weighted by Crippen LogP contribution is -2.57. The Kier molecular flexibility index (Phi) is 4.16. The normalized spacial score (nSPS) is 30.2. The number of hydrogen-bond donors (Lipinski definition) is 4. The van der Waals surface area contributed by atoms with E-state index < -0.39 is 38.3 Å². The van der Waals surface area contributed by atoms with Gasteiger partial charge in [0.05, 0.1) is 0 Å². The fourth-order valence-electron chi connectivity index (χ4n) is 2.47. The van der Waals surface area contributed by atoms with Gasteiger partial charge in [-0.2, -0.15) is 10.6 Å². The molecule has 0 spiro atoms. The van der Waals surface area contributed by atoms with Crippen molar-refractivity contribution in [2.24, 2.45) is 4.99 Å². The summed E-state index contributed by atoms with van der Waals surface area (Å²) in [6.07, 6.45) is -1.49. The van der Waals surface area contributed by atoms with Crippen molar-refractivity contribution in [3.05, 3.63) is 35.6 Å². The molecule has 0 fully saturated rings. The van der Waals surface area contributed by atoms with Gasteiger partial charge in [0.2, 0.25) is 5.50 Å². The average molecular weight is 348 g/mol. The highest BCUT2D eigenvalue weighted by molar-refractivity contribution is 8.26. The Morgan fingerprint density at radius 2 is 1.87 bits per heavy atom. The van der Waals surface area contributed by atoms with Crippen LogP contribution in [0.4, 0.5) is 13.6 Å². The van der Waals surface area contributed by atoms with Gasteiger partial charge in [-0.05, 0) is 26.8 Å². The Bertz CT molecular complexity index is 680. The molecule has 9 heteroatoms. The van der Waals surface area contributed by atoms with Crippen molar-refractivity contribution in [3.63, 3.8) is 0 Å². The maximum atomic E-state index is 15.0. The van der Waals surface area contributed by atoms with E-state index in [1.165, 1.54) is 39.0 Å². The van der Waals surface area contributed by atoms with Crippen molar-refractivity contribution in [1.82, 2.24) is 5.32 Å². The zero-order chi connectivity index (χ0) is 17.6. The third kappa shape index (κ3) is 2.58. The van der Waals surface area contributed by atoms with Gasteiger partial charge in [0.1, 0.15) is 21.9 Å². The number of carbonyl (C=O) groups is 1. The van der Waals surface area contributed by atoms with E-state index in [9.17, 15) is 22.7 Å². The van der Waals surface area contributed by atoms with Crippen molar-refractivity contribution in [2.45, 2.75) is 36.6 Å². The highest BCUT2D eigenvalue weighted by Gasteiger charge is 2.58. The number of nitrogens with one attached hydrogen (secondary N) is 1. The summed E-state index contributed by atoms with van der Waals surface area (Å²) in [5, 5.41) is 10.9. The minimum absolute atomic E-state index is 0.187. The summed E-state index contributed by atoms with van der Waals surface area (Å²) in [6, 6.07) is 5.23. The number of aliphatic imine (C=N–C) groups is 1. The van der Waals surface area contributed by atoms with Crippen LogP contribution < -0.4 is 5.32 Å². The lowest BCUT2D eigenvalue weighted by Gasteiger charge is -2.55. The molecule has 0 saturated carbocycles. The molecule has 1 amide bonds. The Labute approximate surface area is 133 Å². The van der Waals surface area contributed by atoms with Crippen LogP contribution in [0.5, 0.6) is 0 Å². The van der Waals surface area contributed by atoms with Crippen LogP contribution in [0.25, 0.3) is 0 Å². The molecule has 23 heavy (non-hydrogen) atoms. The summed E-state index contributed by atoms with van der Waals surface area (Å²) in [5.41, 5.74) is -4.47. The molecule has 0 saturated heterocycles. The van der Waals surface area contributed by atoms with E-state index in [4.69, 9.17) is 5.11 Å². The SMILES string of the molecule is CC1(c2ccccc2F)N=C(NC(=O)O)C(C)(C)S(O)(O)C1F. The van der Waals surface area contributed by atoms with Crippen LogP contribution in [0.3, 0.4) is 0 Å². The Morgan fingerprint density at radius 3 is 2.39 bits per heavy atom. The largest absolute Gasteiger partial charge is 0.465 e. The summed E-state index contributed by atoms with van der Waals surface area (Å²) in [6.45, 7) is 3.73. The summed E-state index contributed by atoms with van der Waals surface area (Å²) in [7, 11) is -4.00. The third-order valence-corrected chi connectivity index (χ3v) is 6.77. The molecule has 0 aromatic heterocycles. The van der Waals surface area contributed by atoms with Gasteiger partial charge in [-0.15, -0.1) is 0 Å². The second kappa shape index (κ2) is 5.43. The second-order valence-electron chi connectivity index (χ2n) is 5.94. The molecule has 1 aromatic rings. The summed E-state index contributed by atoms with van der Waals surface area (Å²) < 4.78 is 48.1. The molecular formula is C14H18F2N2O4S. The van der Waals surface area contributed by atoms with Crippen LogP contribution in [0, 0.1) is 5.82 Å². The quantitative estimate of drug-likeness (QED) is 0.623. The van der Waals surface area contributed by atoms with E-state index in [1.807, 2.05) is 5.32 Å². The molecule has 0 bridgehead atoms. The van der Waals surface area contributed by atoms with Gasteiger partial charge >= 0.3 is 6.09 Å². The third-order valence-electron chi connectivity index (χ3n) is 4.04. The number of nitrogens with zero attached hydrogens (tertiary/aromatic N) is 1. The van der Waals surface area contributed by atoms with E-state index >= 15 is 0 Å². The molecule has 2 atom stereocenters. The average Bonchev–Trinajstić information content (AvgIpc) is 2.44. The minimum atomic E-state index is -4.00. The number of alkyl halides is 1. The van der Waals surface area contributed by atoms with Gasteiger partial charge in [0, 0.05) is 5.56 Å². The summed E-state index contributed by atoms with van der Waals surface area (Å²) in [5.74, 6) is -1.10. The number of carboxylic acid groups (broad SMARTS) is 1. The molecule has 6 nitrogen and oxygen atoms in total. The lowest BCUT2D eigenvalue weighted by molar-refractivity contribution is 0.198. The molecule has 1 aliphatic heterocycles. The van der Waals surface area contributed by atoms with Gasteiger partial charge in [-0.1, -0.05) is 18.2 Å². The zero-order valence-corrected chi connectivity index (χ0v) is 13.6. The van der Waals surface area contributed by atoms with Crippen LogP contribution in [0.15, 0.2) is 29.3 Å². The highest BCUT2D eigenvalue weighted by atomic mass is 32.3. The zero-order valence-electron chi connectivity index (χ0n) is 12.7. The first-order chi connectivity index (χ1) is 10.4. The Balaban J connectivity index is 2.72. The maximum Gasteiger partial charge on any atom is 0.410 e. The number of rotatable bonds is 1. The molecule has 4 N–H and O–H groups in total. The first-order valence-corrected chi connectivity index (χ1v) is 8.31. The van der Waals surface area contributed by atoms with Crippen LogP contribution in [-0.2, 0) is 5.54 Å². The van der Waals surface area contributed by atoms with Gasteiger partial charge in [-0.25, -0.2) is 13.6 Å². The first-order valence-electron chi connectivity index (χ1n) is 6.70. The van der Waals surface area contributed by atoms with Gasteiger partial charge < -0.3 is 5.11 Å². The Morgan fingerprint density at radius 1 is 1.30 bits per heavy atom. The fourth-order valence-corrected chi connectivity index (χ4v) is 4.19. The Hall–Kier alpha value is -1.71. The number of benzene rings is 1. The second-order valence-corrected chi connectivity index (χ2v) is 8.56. The molecule has 2 rings (SSSR count). The van der Waals surface area contributed by atoms with E-state index in [0.717, 1.165) is 6.07 Å². The number of amides is 1. The van der Waals surface area contributed by atoms with Gasteiger partial charge in [-0.3, -0.25) is 19.4 Å². The molecule has 0 aliphatic carbocycles. The predicted molar refractivity (Wildman–Crippen MR) is 84.2 cm³/mol. The monoisotopic (exact) mass is 348 g/mol. The molecule has 1 heterocycles. The molecule has 0 radical (unpaired) electrons. The molecule has 1 aliphatic rings. The minimum Gasteiger partial charge on any atom is -0.465 e. The first kappa shape index (κ1) is 17.6. The van der Waals surface area contributed by atoms with E-state index in [1.54, 1.807) is 0 Å². The standard InChI is InChI=1S/C14H18F2N2O4S/c1-13(2)11(17-12(19)20)18-14(3,10(16)23(13,21)22)8-6-4-5-7-9(8)15/h4-7,10,21-22H,1-3H3,(H,17,18)(H,19,20). The molecule has 1 aromatic carbocycles. The van der Waals surface area contributed by atoms with E-state index in [-0.39, 0.29) is 11.4 Å².